The van der Waals surface area contributed by atoms with Gasteiger partial charge in [-0.05, 0) is 160 Å². The van der Waals surface area contributed by atoms with Gasteiger partial charge < -0.3 is 4.90 Å². The number of rotatable bonds is 7. The summed E-state index contributed by atoms with van der Waals surface area (Å²) in [6.45, 7) is 6.77. The molecule has 0 fully saturated rings. The molecular weight excluding hydrogens is 651 g/mol. The molecule has 54 heavy (non-hydrogen) atoms. The van der Waals surface area contributed by atoms with Crippen LogP contribution in [0.4, 0.5) is 17.1 Å². The van der Waals surface area contributed by atoms with E-state index in [9.17, 15) is 0 Å². The molecule has 0 atom stereocenters. The first-order valence-corrected chi connectivity index (χ1v) is 19.4. The summed E-state index contributed by atoms with van der Waals surface area (Å²) < 4.78 is 0. The summed E-state index contributed by atoms with van der Waals surface area (Å²) in [5.41, 5.74) is 17.7. The van der Waals surface area contributed by atoms with E-state index >= 15 is 0 Å². The second-order valence-electron chi connectivity index (χ2n) is 14.9. The van der Waals surface area contributed by atoms with Crippen molar-refractivity contribution in [3.63, 3.8) is 0 Å². The van der Waals surface area contributed by atoms with Gasteiger partial charge in [-0.25, -0.2) is 0 Å². The summed E-state index contributed by atoms with van der Waals surface area (Å²) in [7, 11) is 0. The van der Waals surface area contributed by atoms with Crippen molar-refractivity contribution in [3.05, 3.63) is 192 Å². The molecule has 0 aromatic heterocycles. The Morgan fingerprint density at radius 2 is 1.11 bits per heavy atom. The molecule has 1 aliphatic carbocycles. The molecule has 0 amide bonds. The Morgan fingerprint density at radius 3 is 1.87 bits per heavy atom. The Bertz CT molecular complexity index is 2700. The largest absolute Gasteiger partial charge is 0.310 e. The zero-order chi connectivity index (χ0) is 36.6. The highest BCUT2D eigenvalue weighted by molar-refractivity contribution is 6.16. The van der Waals surface area contributed by atoms with E-state index in [0.717, 1.165) is 24.2 Å². The fourth-order valence-corrected chi connectivity index (χ4v) is 8.69. The van der Waals surface area contributed by atoms with E-state index in [2.05, 4.69) is 196 Å². The minimum Gasteiger partial charge on any atom is -0.310 e. The number of aryl methyl sites for hydroxylation is 2. The summed E-state index contributed by atoms with van der Waals surface area (Å²) >= 11 is 0. The van der Waals surface area contributed by atoms with Crippen molar-refractivity contribution in [2.75, 3.05) is 4.90 Å². The number of fused-ring (bicyclic) bond motifs is 3. The van der Waals surface area contributed by atoms with E-state index in [4.69, 9.17) is 0 Å². The van der Waals surface area contributed by atoms with Gasteiger partial charge in [-0.3, -0.25) is 0 Å². The Balaban J connectivity index is 1.33. The van der Waals surface area contributed by atoms with Crippen LogP contribution in [0, 0.1) is 20.8 Å². The fourth-order valence-electron chi connectivity index (χ4n) is 8.69. The number of para-hydroxylation sites is 1. The van der Waals surface area contributed by atoms with Gasteiger partial charge in [0.1, 0.15) is 0 Å². The molecule has 0 saturated heterocycles. The maximum Gasteiger partial charge on any atom is 0.0540 e. The number of hydrogen-bond donors (Lipinski definition) is 0. The molecule has 9 rings (SSSR count). The lowest BCUT2D eigenvalue weighted by atomic mass is 9.84. The molecule has 8 aromatic rings. The van der Waals surface area contributed by atoms with Gasteiger partial charge >= 0.3 is 0 Å². The van der Waals surface area contributed by atoms with Crippen molar-refractivity contribution in [1.82, 2.24) is 0 Å². The number of benzene rings is 8. The molecule has 0 aliphatic heterocycles. The lowest BCUT2D eigenvalue weighted by Crippen LogP contribution is -2.11. The maximum atomic E-state index is 2.48. The zero-order valence-electron chi connectivity index (χ0n) is 31.4. The molecule has 0 N–H and O–H groups in total. The molecule has 262 valence electrons. The highest BCUT2D eigenvalue weighted by Crippen LogP contribution is 2.46. The molecule has 1 aliphatic rings. The topological polar surface area (TPSA) is 3.24 Å². The van der Waals surface area contributed by atoms with E-state index < -0.39 is 0 Å². The quantitative estimate of drug-likeness (QED) is 0.150. The van der Waals surface area contributed by atoms with Crippen LogP contribution in [0.25, 0.3) is 60.5 Å². The average molecular weight is 696 g/mol. The SMILES string of the molecule is Cc1ccccc1-c1cc2c(ccc3ccc(N(c4cccc(C5=CCCCC5)c4)c4ccccc4-c4ccccc4)cc32)c(-c2ccccc2C)c1C. The summed E-state index contributed by atoms with van der Waals surface area (Å²) in [6.07, 6.45) is 7.28. The van der Waals surface area contributed by atoms with Crippen LogP contribution in [0.5, 0.6) is 0 Å². The molecule has 0 spiro atoms. The van der Waals surface area contributed by atoms with Gasteiger partial charge in [-0.2, -0.15) is 0 Å². The molecule has 0 bridgehead atoms. The number of nitrogens with zero attached hydrogens (tertiary/aromatic N) is 1. The zero-order valence-corrected chi connectivity index (χ0v) is 31.4. The third-order valence-corrected chi connectivity index (χ3v) is 11.5. The van der Waals surface area contributed by atoms with Crippen LogP contribution in [-0.4, -0.2) is 0 Å². The predicted octanol–water partition coefficient (Wildman–Crippen LogP) is 15.3. The van der Waals surface area contributed by atoms with Crippen LogP contribution in [0.15, 0.2) is 170 Å². The van der Waals surface area contributed by atoms with Crippen LogP contribution >= 0.6 is 0 Å². The van der Waals surface area contributed by atoms with Crippen molar-refractivity contribution >= 4 is 44.2 Å². The first kappa shape index (κ1) is 33.6. The molecule has 8 aromatic carbocycles. The van der Waals surface area contributed by atoms with Gasteiger partial charge in [0, 0.05) is 16.9 Å². The predicted molar refractivity (Wildman–Crippen MR) is 233 cm³/mol. The van der Waals surface area contributed by atoms with Crippen molar-refractivity contribution in [3.8, 4) is 33.4 Å². The Labute approximate surface area is 319 Å². The molecule has 1 heteroatoms. The summed E-state index contributed by atoms with van der Waals surface area (Å²) in [6, 6.07) is 60.7. The van der Waals surface area contributed by atoms with Crippen LogP contribution in [-0.2, 0) is 0 Å². The van der Waals surface area contributed by atoms with Gasteiger partial charge in [-0.1, -0.05) is 133 Å². The van der Waals surface area contributed by atoms with Crippen molar-refractivity contribution in [1.29, 1.82) is 0 Å². The number of hydrogen-bond acceptors (Lipinski definition) is 1. The lowest BCUT2D eigenvalue weighted by Gasteiger charge is -2.29. The smallest absolute Gasteiger partial charge is 0.0540 e. The van der Waals surface area contributed by atoms with Crippen molar-refractivity contribution < 1.29 is 0 Å². The Hall–Kier alpha value is -6.18. The molecule has 0 saturated carbocycles. The average Bonchev–Trinajstić information content (AvgIpc) is 3.22. The first-order chi connectivity index (χ1) is 26.5. The van der Waals surface area contributed by atoms with Crippen LogP contribution in [0.2, 0.25) is 0 Å². The second-order valence-corrected chi connectivity index (χ2v) is 14.9. The van der Waals surface area contributed by atoms with Gasteiger partial charge in [0.15, 0.2) is 0 Å². The van der Waals surface area contributed by atoms with Gasteiger partial charge in [-0.15, -0.1) is 0 Å². The van der Waals surface area contributed by atoms with E-state index in [1.807, 2.05) is 0 Å². The van der Waals surface area contributed by atoms with E-state index in [0.29, 0.717) is 0 Å². The third kappa shape index (κ3) is 6.10. The Morgan fingerprint density at radius 1 is 0.444 bits per heavy atom. The summed E-state index contributed by atoms with van der Waals surface area (Å²) in [5, 5.41) is 5.04. The highest BCUT2D eigenvalue weighted by Gasteiger charge is 2.21. The third-order valence-electron chi connectivity index (χ3n) is 11.5. The number of anilines is 3. The molecular formula is C53H45N. The maximum absolute atomic E-state index is 2.48. The van der Waals surface area contributed by atoms with Crippen LogP contribution < -0.4 is 4.90 Å². The highest BCUT2D eigenvalue weighted by atomic mass is 15.1. The fraction of sp³-hybridized carbons (Fsp3) is 0.132. The minimum atomic E-state index is 1.14. The summed E-state index contributed by atoms with van der Waals surface area (Å²) in [4.78, 5) is 2.48. The molecule has 0 heterocycles. The van der Waals surface area contributed by atoms with Gasteiger partial charge in [0.25, 0.3) is 0 Å². The molecule has 0 unspecified atom stereocenters. The van der Waals surface area contributed by atoms with Gasteiger partial charge in [0.05, 0.1) is 5.69 Å². The van der Waals surface area contributed by atoms with E-state index in [-0.39, 0.29) is 0 Å². The van der Waals surface area contributed by atoms with Crippen molar-refractivity contribution in [2.45, 2.75) is 46.5 Å². The second kappa shape index (κ2) is 14.3. The summed E-state index contributed by atoms with van der Waals surface area (Å²) in [5.74, 6) is 0. The Kier molecular flexibility index (Phi) is 8.93. The molecule has 0 radical (unpaired) electrons. The number of allylic oxidation sites excluding steroid dienone is 2. The van der Waals surface area contributed by atoms with Gasteiger partial charge in [0.2, 0.25) is 0 Å². The van der Waals surface area contributed by atoms with E-state index in [1.54, 1.807) is 0 Å². The first-order valence-electron chi connectivity index (χ1n) is 19.4. The normalized spacial score (nSPS) is 12.9. The van der Waals surface area contributed by atoms with E-state index in [1.165, 1.54) is 101 Å². The monoisotopic (exact) mass is 695 g/mol. The molecule has 1 nitrogen and oxygen atoms in total. The van der Waals surface area contributed by atoms with Crippen LogP contribution in [0.3, 0.4) is 0 Å². The van der Waals surface area contributed by atoms with Crippen molar-refractivity contribution in [2.24, 2.45) is 0 Å². The van der Waals surface area contributed by atoms with Crippen LogP contribution in [0.1, 0.15) is 47.9 Å². The minimum absolute atomic E-state index is 1.14. The lowest BCUT2D eigenvalue weighted by molar-refractivity contribution is 0.742. The standard InChI is InChI=1S/C53H45N/c1-36-17-10-12-25-45(36)49-35-51-48(53(38(49)3)46-26-13-11-18-37(46)2)32-30-41-29-31-44(34-50(41)51)54(43-24-16-23-42(33-43)39-19-6-4-7-20-39)52-28-15-14-27-47(52)40-21-8-5-9-22-40/h5,8-19,21-35H,4,6-7,20H2,1-3H3.